The van der Waals surface area contributed by atoms with Gasteiger partial charge in [0.05, 0.1) is 23.9 Å². The molecule has 3 aliphatic rings. The van der Waals surface area contributed by atoms with Crippen molar-refractivity contribution < 1.29 is 14.7 Å². The first-order valence-electron chi connectivity index (χ1n) is 13.9. The molecule has 0 bridgehead atoms. The molecule has 4 rings (SSSR count). The molecule has 7 atom stereocenters. The van der Waals surface area contributed by atoms with E-state index in [4.69, 9.17) is 0 Å². The summed E-state index contributed by atoms with van der Waals surface area (Å²) >= 11 is 0. The summed E-state index contributed by atoms with van der Waals surface area (Å²) in [5, 5.41) is 15.0. The number of carbonyl (C=O) groups excluding carboxylic acids is 2. The predicted octanol–water partition coefficient (Wildman–Crippen LogP) is 5.34. The van der Waals surface area contributed by atoms with Crippen LogP contribution in [-0.4, -0.2) is 51.2 Å². The Kier molecular flexibility index (Phi) is 7.27. The van der Waals surface area contributed by atoms with Crippen LogP contribution >= 0.6 is 0 Å². The minimum atomic E-state index is -0.501. The first kappa shape index (κ1) is 26.4. The van der Waals surface area contributed by atoms with Crippen LogP contribution in [0.2, 0.25) is 0 Å². The van der Waals surface area contributed by atoms with Gasteiger partial charge < -0.3 is 10.0 Å². The second-order valence-corrected chi connectivity index (χ2v) is 13.2. The Labute approximate surface area is 211 Å². The molecule has 0 saturated heterocycles. The van der Waals surface area contributed by atoms with Crippen LogP contribution in [0.15, 0.2) is 12.4 Å². The quantitative estimate of drug-likeness (QED) is 0.565. The highest BCUT2D eigenvalue weighted by Gasteiger charge is 2.57. The number of amides is 1. The van der Waals surface area contributed by atoms with Crippen LogP contribution < -0.4 is 0 Å². The Bertz CT molecular complexity index is 937. The minimum absolute atomic E-state index is 0.0209. The number of carbonyl (C=O) groups is 2. The van der Waals surface area contributed by atoms with Crippen molar-refractivity contribution in [1.82, 2.24) is 14.7 Å². The van der Waals surface area contributed by atoms with Gasteiger partial charge in [-0.2, -0.15) is 5.10 Å². The number of Topliss-reactive ketones (excluding diaryl/α,β-unsaturated/α-hetero) is 1. The highest BCUT2D eigenvalue weighted by atomic mass is 16.3. The van der Waals surface area contributed by atoms with Crippen molar-refractivity contribution in [3.8, 4) is 0 Å². The van der Waals surface area contributed by atoms with Gasteiger partial charge in [0.1, 0.15) is 0 Å². The summed E-state index contributed by atoms with van der Waals surface area (Å²) in [7, 11) is 3.44. The van der Waals surface area contributed by atoms with Gasteiger partial charge >= 0.3 is 0 Å². The smallest absolute Gasteiger partial charge is 0.256 e. The normalized spacial score (nSPS) is 38.9. The Balaban J connectivity index is 1.47. The van der Waals surface area contributed by atoms with Gasteiger partial charge in [-0.3, -0.25) is 14.3 Å². The number of rotatable bonds is 7. The molecule has 1 aromatic rings. The van der Waals surface area contributed by atoms with E-state index in [9.17, 15) is 14.7 Å². The average molecular weight is 486 g/mol. The number of aliphatic hydroxyl groups is 1. The maximum Gasteiger partial charge on any atom is 0.256 e. The molecule has 196 valence electrons. The summed E-state index contributed by atoms with van der Waals surface area (Å²) in [6, 6.07) is 0. The molecule has 1 aromatic heterocycles. The van der Waals surface area contributed by atoms with Crippen molar-refractivity contribution in [2.45, 2.75) is 104 Å². The van der Waals surface area contributed by atoms with Crippen molar-refractivity contribution in [3.63, 3.8) is 0 Å². The fraction of sp³-hybridized carbons (Fsp3) is 0.828. The highest BCUT2D eigenvalue weighted by Crippen LogP contribution is 2.65. The molecule has 1 N–H and O–H groups in total. The molecule has 0 aromatic carbocycles. The van der Waals surface area contributed by atoms with Gasteiger partial charge in [-0.15, -0.1) is 0 Å². The van der Waals surface area contributed by atoms with Crippen molar-refractivity contribution in [3.05, 3.63) is 18.0 Å². The molecule has 0 unspecified atom stereocenters. The molecular formula is C29H47N3O3. The molecule has 1 heterocycles. The Hall–Kier alpha value is -1.69. The third kappa shape index (κ3) is 5.10. The standard InChI is InChI=1S/C29H47N3O3/c1-7-8-24-23-10-9-21-15-28(3,35)13-14-29(21,4)25(23)11-12-27(24,2)16-22(33)19-32-18-20(17-30-32)26(34)31(5)6/h17-18,21,23-25,35H,7-16,19H2,1-6H3/t21-,23+,24+,25+,27-,28-,29+/m1/s1. The Morgan fingerprint density at radius 1 is 1.14 bits per heavy atom. The van der Waals surface area contributed by atoms with Crippen LogP contribution in [0.1, 0.15) is 102 Å². The molecule has 35 heavy (non-hydrogen) atoms. The molecule has 0 spiro atoms. The van der Waals surface area contributed by atoms with Crippen LogP contribution in [0.4, 0.5) is 0 Å². The summed E-state index contributed by atoms with van der Waals surface area (Å²) in [6.07, 6.45) is 13.9. The summed E-state index contributed by atoms with van der Waals surface area (Å²) in [6.45, 7) is 9.43. The molecule has 0 radical (unpaired) electrons. The van der Waals surface area contributed by atoms with Crippen LogP contribution in [0, 0.1) is 34.5 Å². The molecule has 3 aliphatic carbocycles. The SMILES string of the molecule is CCC[C@H]1[C@@H]2CC[C@@H]3C[C@](C)(O)CC[C@]3(C)[C@H]2CC[C@]1(C)CC(=O)Cn1cc(C(=O)N(C)C)cn1. The lowest BCUT2D eigenvalue weighted by Gasteiger charge is -2.62. The maximum atomic E-state index is 13.3. The van der Waals surface area contributed by atoms with E-state index >= 15 is 0 Å². The maximum absolute atomic E-state index is 13.3. The first-order chi connectivity index (χ1) is 16.4. The van der Waals surface area contributed by atoms with E-state index in [1.165, 1.54) is 30.6 Å². The summed E-state index contributed by atoms with van der Waals surface area (Å²) < 4.78 is 1.63. The highest BCUT2D eigenvalue weighted by molar-refractivity contribution is 5.93. The van der Waals surface area contributed by atoms with E-state index in [2.05, 4.69) is 25.9 Å². The van der Waals surface area contributed by atoms with E-state index in [1.54, 1.807) is 31.2 Å². The lowest BCUT2D eigenvalue weighted by molar-refractivity contribution is -0.153. The monoisotopic (exact) mass is 485 g/mol. The number of fused-ring (bicyclic) bond motifs is 3. The van der Waals surface area contributed by atoms with Crippen LogP contribution in [0.5, 0.6) is 0 Å². The van der Waals surface area contributed by atoms with Gasteiger partial charge in [-0.25, -0.2) is 0 Å². The number of ketones is 1. The number of hydrogen-bond acceptors (Lipinski definition) is 4. The van der Waals surface area contributed by atoms with Gasteiger partial charge in [0.25, 0.3) is 5.91 Å². The zero-order chi connectivity index (χ0) is 25.6. The van der Waals surface area contributed by atoms with E-state index in [1.807, 2.05) is 6.92 Å². The van der Waals surface area contributed by atoms with Gasteiger partial charge in [0, 0.05) is 26.7 Å². The van der Waals surface area contributed by atoms with E-state index < -0.39 is 5.60 Å². The van der Waals surface area contributed by atoms with E-state index in [0.29, 0.717) is 41.1 Å². The van der Waals surface area contributed by atoms with Crippen LogP contribution in [0.25, 0.3) is 0 Å². The van der Waals surface area contributed by atoms with Crippen molar-refractivity contribution in [1.29, 1.82) is 0 Å². The fourth-order valence-corrected chi connectivity index (χ4v) is 8.42. The lowest BCUT2D eigenvalue weighted by Crippen LogP contribution is -2.56. The third-order valence-corrected chi connectivity index (χ3v) is 10.3. The molecular weight excluding hydrogens is 438 g/mol. The minimum Gasteiger partial charge on any atom is -0.390 e. The molecule has 6 heteroatoms. The lowest BCUT2D eigenvalue weighted by atomic mass is 9.43. The van der Waals surface area contributed by atoms with E-state index in [-0.39, 0.29) is 23.7 Å². The molecule has 1 amide bonds. The number of nitrogens with zero attached hydrogens (tertiary/aromatic N) is 3. The van der Waals surface area contributed by atoms with E-state index in [0.717, 1.165) is 32.1 Å². The Morgan fingerprint density at radius 3 is 2.57 bits per heavy atom. The largest absolute Gasteiger partial charge is 0.390 e. The van der Waals surface area contributed by atoms with Crippen molar-refractivity contribution in [2.24, 2.45) is 34.5 Å². The second-order valence-electron chi connectivity index (χ2n) is 13.2. The topological polar surface area (TPSA) is 75.4 Å². The van der Waals surface area contributed by atoms with Gasteiger partial charge in [0.15, 0.2) is 5.78 Å². The van der Waals surface area contributed by atoms with Crippen LogP contribution in [-0.2, 0) is 11.3 Å². The molecule has 3 fully saturated rings. The second kappa shape index (κ2) is 9.64. The van der Waals surface area contributed by atoms with Crippen molar-refractivity contribution in [2.75, 3.05) is 14.1 Å². The van der Waals surface area contributed by atoms with Crippen LogP contribution in [0.3, 0.4) is 0 Å². The molecule has 6 nitrogen and oxygen atoms in total. The summed E-state index contributed by atoms with van der Waals surface area (Å²) in [4.78, 5) is 27.0. The number of hydrogen-bond donors (Lipinski definition) is 1. The zero-order valence-corrected chi connectivity index (χ0v) is 22.8. The summed E-state index contributed by atoms with van der Waals surface area (Å²) in [5.74, 6) is 2.71. The van der Waals surface area contributed by atoms with Gasteiger partial charge in [-0.1, -0.05) is 27.2 Å². The first-order valence-corrected chi connectivity index (χ1v) is 13.9. The fourth-order valence-electron chi connectivity index (χ4n) is 8.42. The average Bonchev–Trinajstić information content (AvgIpc) is 3.23. The zero-order valence-electron chi connectivity index (χ0n) is 22.8. The number of aromatic nitrogens is 2. The van der Waals surface area contributed by atoms with Gasteiger partial charge in [0.2, 0.25) is 0 Å². The predicted molar refractivity (Wildman–Crippen MR) is 138 cm³/mol. The molecule has 3 saturated carbocycles. The van der Waals surface area contributed by atoms with Gasteiger partial charge in [-0.05, 0) is 92.8 Å². The third-order valence-electron chi connectivity index (χ3n) is 10.3. The van der Waals surface area contributed by atoms with Crippen molar-refractivity contribution >= 4 is 11.7 Å². The Morgan fingerprint density at radius 2 is 1.89 bits per heavy atom. The summed E-state index contributed by atoms with van der Waals surface area (Å²) in [5.41, 5.74) is 0.369. The molecule has 0 aliphatic heterocycles.